The number of aromatic amines is 1. The highest BCUT2D eigenvalue weighted by atomic mass is 16.3. The lowest BCUT2D eigenvalue weighted by Gasteiger charge is -2.26. The van der Waals surface area contributed by atoms with Crippen molar-refractivity contribution < 1.29 is 5.11 Å². The van der Waals surface area contributed by atoms with Crippen molar-refractivity contribution >= 4 is 11.6 Å². The molecule has 2 aromatic heterocycles. The molecule has 1 aliphatic carbocycles. The lowest BCUT2D eigenvalue weighted by atomic mass is 9.83. The molecule has 146 valence electrons. The van der Waals surface area contributed by atoms with E-state index in [-0.39, 0.29) is 12.1 Å². The van der Waals surface area contributed by atoms with Gasteiger partial charge in [-0.05, 0) is 25.3 Å². The van der Waals surface area contributed by atoms with Gasteiger partial charge in [-0.25, -0.2) is 9.97 Å². The third kappa shape index (κ3) is 4.06. The number of nitrogens with zero attached hydrogens (tertiary/aromatic N) is 5. The minimum atomic E-state index is -0.327. The summed E-state index contributed by atoms with van der Waals surface area (Å²) in [5.41, 5.74) is 2.33. The molecule has 3 heterocycles. The van der Waals surface area contributed by atoms with Crippen LogP contribution in [0.5, 0.6) is 0 Å². The molecule has 8 nitrogen and oxygen atoms in total. The maximum Gasteiger partial charge on any atom is 0.134 e. The van der Waals surface area contributed by atoms with Crippen LogP contribution < -0.4 is 15.1 Å². The van der Waals surface area contributed by atoms with Gasteiger partial charge >= 0.3 is 0 Å². The van der Waals surface area contributed by atoms with Gasteiger partial charge in [0.15, 0.2) is 0 Å². The number of H-pyrrole nitrogens is 1. The number of nitrogens with one attached hydrogen (secondary N) is 2. The molecule has 0 aromatic carbocycles. The van der Waals surface area contributed by atoms with Crippen LogP contribution in [0.25, 0.3) is 0 Å². The van der Waals surface area contributed by atoms with Gasteiger partial charge < -0.3 is 20.2 Å². The smallest absolute Gasteiger partial charge is 0.134 e. The normalized spacial score (nSPS) is 22.9. The zero-order valence-corrected chi connectivity index (χ0v) is 16.1. The monoisotopic (exact) mass is 371 g/mol. The van der Waals surface area contributed by atoms with E-state index in [2.05, 4.69) is 36.4 Å². The van der Waals surface area contributed by atoms with E-state index in [4.69, 9.17) is 0 Å². The first-order chi connectivity index (χ1) is 13.1. The van der Waals surface area contributed by atoms with Crippen molar-refractivity contribution in [2.24, 2.45) is 0 Å². The molecule has 2 atom stereocenters. The average Bonchev–Trinajstić information content (AvgIpc) is 3.20. The number of anilines is 2. The molecule has 0 unspecified atom stereocenters. The predicted molar refractivity (Wildman–Crippen MR) is 105 cm³/mol. The summed E-state index contributed by atoms with van der Waals surface area (Å²) in [7, 11) is 3.93. The van der Waals surface area contributed by atoms with Gasteiger partial charge in [-0.3, -0.25) is 5.10 Å². The second-order valence-electron chi connectivity index (χ2n) is 7.90. The largest absolute Gasteiger partial charge is 0.391 e. The van der Waals surface area contributed by atoms with Crippen LogP contribution in [0.3, 0.4) is 0 Å². The molecule has 0 amide bonds. The Morgan fingerprint density at radius 3 is 2.89 bits per heavy atom. The first-order valence-corrected chi connectivity index (χ1v) is 9.79. The van der Waals surface area contributed by atoms with E-state index >= 15 is 0 Å². The maximum absolute atomic E-state index is 10.2. The standard InChI is InChI=1S/C19H29N7O/c1-25(2)18-8-19(22-12-21-18)26-11-16(27)7-15(26)10-20-9-14-6-17(24-23-14)13-4-3-5-13/h6,8,12-13,15-16,20,27H,3-5,7,9-11H2,1-2H3,(H,23,24)/t15-,16-/m1/s1. The molecule has 0 spiro atoms. The Hall–Kier alpha value is -2.19. The zero-order valence-electron chi connectivity index (χ0n) is 16.1. The summed E-state index contributed by atoms with van der Waals surface area (Å²) in [5, 5.41) is 21.3. The summed E-state index contributed by atoms with van der Waals surface area (Å²) in [6.07, 6.45) is 5.86. The van der Waals surface area contributed by atoms with Crippen LogP contribution in [0.4, 0.5) is 11.6 Å². The number of β-amino-alcohol motifs (C(OH)–C–C–N with tert-alkyl or cyclic N) is 1. The topological polar surface area (TPSA) is 93.2 Å². The van der Waals surface area contributed by atoms with Crippen LogP contribution in [0, 0.1) is 0 Å². The van der Waals surface area contributed by atoms with Gasteiger partial charge in [0, 0.05) is 57.4 Å². The zero-order chi connectivity index (χ0) is 18.8. The van der Waals surface area contributed by atoms with E-state index in [0.717, 1.165) is 36.8 Å². The molecule has 3 N–H and O–H groups in total. The molecule has 1 saturated heterocycles. The van der Waals surface area contributed by atoms with Gasteiger partial charge in [-0.15, -0.1) is 0 Å². The second kappa shape index (κ2) is 7.82. The van der Waals surface area contributed by atoms with Crippen molar-refractivity contribution in [2.75, 3.05) is 37.0 Å². The molecule has 8 heteroatoms. The summed E-state index contributed by atoms with van der Waals surface area (Å²) < 4.78 is 0. The number of aromatic nitrogens is 4. The van der Waals surface area contributed by atoms with E-state index in [0.29, 0.717) is 12.5 Å². The van der Waals surface area contributed by atoms with E-state index in [1.54, 1.807) is 6.33 Å². The van der Waals surface area contributed by atoms with Crippen molar-refractivity contribution in [3.05, 3.63) is 29.8 Å². The molecule has 0 radical (unpaired) electrons. The minimum Gasteiger partial charge on any atom is -0.391 e. The van der Waals surface area contributed by atoms with Gasteiger partial charge in [-0.1, -0.05) is 6.42 Å². The Labute approximate surface area is 160 Å². The molecule has 1 saturated carbocycles. The number of hydrogen-bond donors (Lipinski definition) is 3. The Kier molecular flexibility index (Phi) is 5.27. The Balaban J connectivity index is 1.35. The Morgan fingerprint density at radius 1 is 1.30 bits per heavy atom. The van der Waals surface area contributed by atoms with Crippen LogP contribution in [0.15, 0.2) is 18.5 Å². The van der Waals surface area contributed by atoms with E-state index in [1.165, 1.54) is 25.0 Å². The summed E-state index contributed by atoms with van der Waals surface area (Å²) in [6.45, 7) is 2.15. The van der Waals surface area contributed by atoms with Crippen LogP contribution in [0.2, 0.25) is 0 Å². The fraction of sp³-hybridized carbons (Fsp3) is 0.632. The van der Waals surface area contributed by atoms with Gasteiger partial charge in [-0.2, -0.15) is 5.10 Å². The molecule has 2 aliphatic rings. The molecular weight excluding hydrogens is 342 g/mol. The molecule has 1 aliphatic heterocycles. The fourth-order valence-electron chi connectivity index (χ4n) is 3.86. The van der Waals surface area contributed by atoms with E-state index in [1.807, 2.05) is 25.1 Å². The summed E-state index contributed by atoms with van der Waals surface area (Å²) in [5.74, 6) is 2.39. The summed E-state index contributed by atoms with van der Waals surface area (Å²) >= 11 is 0. The van der Waals surface area contributed by atoms with Crippen molar-refractivity contribution in [3.8, 4) is 0 Å². The molecule has 2 aromatic rings. The number of aliphatic hydroxyl groups excluding tert-OH is 1. The molecule has 0 bridgehead atoms. The van der Waals surface area contributed by atoms with E-state index < -0.39 is 0 Å². The first kappa shape index (κ1) is 18.2. The van der Waals surface area contributed by atoms with Gasteiger partial charge in [0.1, 0.15) is 18.0 Å². The molecule has 27 heavy (non-hydrogen) atoms. The number of aliphatic hydroxyl groups is 1. The number of rotatable bonds is 7. The van der Waals surface area contributed by atoms with Crippen LogP contribution in [-0.4, -0.2) is 64.6 Å². The Morgan fingerprint density at radius 2 is 2.15 bits per heavy atom. The quantitative estimate of drug-likeness (QED) is 0.675. The highest BCUT2D eigenvalue weighted by Gasteiger charge is 2.32. The second-order valence-corrected chi connectivity index (χ2v) is 7.90. The van der Waals surface area contributed by atoms with Crippen molar-refractivity contribution in [1.82, 2.24) is 25.5 Å². The summed E-state index contributed by atoms with van der Waals surface area (Å²) in [4.78, 5) is 12.9. The van der Waals surface area contributed by atoms with Gasteiger partial charge in [0.25, 0.3) is 0 Å². The van der Waals surface area contributed by atoms with Crippen LogP contribution in [0.1, 0.15) is 43.0 Å². The lowest BCUT2D eigenvalue weighted by molar-refractivity contribution is 0.194. The van der Waals surface area contributed by atoms with Crippen LogP contribution >= 0.6 is 0 Å². The predicted octanol–water partition coefficient (Wildman–Crippen LogP) is 1.26. The third-order valence-electron chi connectivity index (χ3n) is 5.65. The third-order valence-corrected chi connectivity index (χ3v) is 5.65. The molecular formula is C19H29N7O. The van der Waals surface area contributed by atoms with Crippen molar-refractivity contribution in [1.29, 1.82) is 0 Å². The first-order valence-electron chi connectivity index (χ1n) is 9.79. The lowest BCUT2D eigenvalue weighted by Crippen LogP contribution is -2.38. The summed E-state index contributed by atoms with van der Waals surface area (Å²) in [6, 6.07) is 4.37. The molecule has 2 fully saturated rings. The van der Waals surface area contributed by atoms with Gasteiger partial charge in [0.2, 0.25) is 0 Å². The SMILES string of the molecule is CN(C)c1cc(N2C[C@H](O)C[C@@H]2CNCc2cc(C3CCC3)n[nH]2)ncn1. The van der Waals surface area contributed by atoms with Crippen LogP contribution in [-0.2, 0) is 6.54 Å². The van der Waals surface area contributed by atoms with E-state index in [9.17, 15) is 5.11 Å². The maximum atomic E-state index is 10.2. The fourth-order valence-corrected chi connectivity index (χ4v) is 3.86. The number of hydrogen-bond acceptors (Lipinski definition) is 7. The Bertz CT molecular complexity index is 758. The minimum absolute atomic E-state index is 0.207. The molecule has 4 rings (SSSR count). The van der Waals surface area contributed by atoms with Crippen molar-refractivity contribution in [3.63, 3.8) is 0 Å². The highest BCUT2D eigenvalue weighted by Crippen LogP contribution is 2.35. The van der Waals surface area contributed by atoms with Gasteiger partial charge in [0.05, 0.1) is 11.8 Å². The average molecular weight is 371 g/mol. The highest BCUT2D eigenvalue weighted by molar-refractivity contribution is 5.51. The van der Waals surface area contributed by atoms with Crippen molar-refractivity contribution in [2.45, 2.75) is 50.3 Å².